The molecule has 5 heteroatoms. The standard InChI is InChI=1S/C14H18N2O3/c1-19-13-5-3-2-4-11(13)8-14-15-6-7-16(14)9-12(18)10-17/h2-7,12,17-18H,8-10H2,1H3. The number of ether oxygens (including phenoxy) is 1. The van der Waals surface area contributed by atoms with E-state index in [9.17, 15) is 5.11 Å². The van der Waals surface area contributed by atoms with Gasteiger partial charge in [-0.25, -0.2) is 4.98 Å². The van der Waals surface area contributed by atoms with E-state index in [0.29, 0.717) is 13.0 Å². The third-order valence-electron chi connectivity index (χ3n) is 2.96. The highest BCUT2D eigenvalue weighted by molar-refractivity contribution is 5.35. The summed E-state index contributed by atoms with van der Waals surface area (Å²) in [5.41, 5.74) is 1.04. The van der Waals surface area contributed by atoms with Gasteiger partial charge in [0.15, 0.2) is 0 Å². The molecule has 1 unspecified atom stereocenters. The fourth-order valence-corrected chi connectivity index (χ4v) is 1.98. The molecule has 5 nitrogen and oxygen atoms in total. The van der Waals surface area contributed by atoms with E-state index in [1.54, 1.807) is 19.5 Å². The summed E-state index contributed by atoms with van der Waals surface area (Å²) in [7, 11) is 1.64. The second-order valence-corrected chi connectivity index (χ2v) is 4.32. The number of rotatable bonds is 6. The molecule has 0 aliphatic heterocycles. The number of imidazole rings is 1. The van der Waals surface area contributed by atoms with Crippen molar-refractivity contribution in [3.63, 3.8) is 0 Å². The Morgan fingerprint density at radius 3 is 2.89 bits per heavy atom. The van der Waals surface area contributed by atoms with Gasteiger partial charge in [0.05, 0.1) is 26.4 Å². The van der Waals surface area contributed by atoms with Crippen LogP contribution in [0.25, 0.3) is 0 Å². The summed E-state index contributed by atoms with van der Waals surface area (Å²) in [6.07, 6.45) is 3.33. The molecule has 0 saturated carbocycles. The van der Waals surface area contributed by atoms with E-state index in [1.807, 2.05) is 28.8 Å². The van der Waals surface area contributed by atoms with Gasteiger partial charge in [0.2, 0.25) is 0 Å². The Labute approximate surface area is 112 Å². The van der Waals surface area contributed by atoms with Crippen LogP contribution in [0.4, 0.5) is 0 Å². The van der Waals surface area contributed by atoms with Crippen LogP contribution >= 0.6 is 0 Å². The average Bonchev–Trinajstić information content (AvgIpc) is 2.86. The monoisotopic (exact) mass is 262 g/mol. The maximum Gasteiger partial charge on any atom is 0.122 e. The molecule has 2 aromatic rings. The highest BCUT2D eigenvalue weighted by Gasteiger charge is 2.10. The first-order chi connectivity index (χ1) is 9.24. The topological polar surface area (TPSA) is 67.5 Å². The molecule has 102 valence electrons. The summed E-state index contributed by atoms with van der Waals surface area (Å²) in [5, 5.41) is 18.4. The number of aromatic nitrogens is 2. The molecule has 0 aliphatic carbocycles. The highest BCUT2D eigenvalue weighted by atomic mass is 16.5. The average molecular weight is 262 g/mol. The number of aliphatic hydroxyl groups is 2. The lowest BCUT2D eigenvalue weighted by Gasteiger charge is -2.12. The lowest BCUT2D eigenvalue weighted by Crippen LogP contribution is -2.21. The van der Waals surface area contributed by atoms with Crippen molar-refractivity contribution in [2.75, 3.05) is 13.7 Å². The van der Waals surface area contributed by atoms with E-state index < -0.39 is 6.10 Å². The van der Waals surface area contributed by atoms with Crippen molar-refractivity contribution >= 4 is 0 Å². The molecule has 2 rings (SSSR count). The van der Waals surface area contributed by atoms with Gasteiger partial charge in [-0.2, -0.15) is 0 Å². The van der Waals surface area contributed by atoms with E-state index in [0.717, 1.165) is 17.1 Å². The number of hydrogen-bond donors (Lipinski definition) is 2. The minimum absolute atomic E-state index is 0.258. The molecule has 0 saturated heterocycles. The smallest absolute Gasteiger partial charge is 0.122 e. The van der Waals surface area contributed by atoms with Crippen molar-refractivity contribution in [3.05, 3.63) is 48.0 Å². The van der Waals surface area contributed by atoms with Gasteiger partial charge in [-0.15, -0.1) is 0 Å². The van der Waals surface area contributed by atoms with Crippen LogP contribution in [0, 0.1) is 0 Å². The van der Waals surface area contributed by atoms with Crippen molar-refractivity contribution in [1.29, 1.82) is 0 Å². The molecule has 1 aromatic heterocycles. The molecule has 0 bridgehead atoms. The second kappa shape index (κ2) is 6.36. The van der Waals surface area contributed by atoms with Gasteiger partial charge in [-0.3, -0.25) is 0 Å². The molecule has 0 radical (unpaired) electrons. The summed E-state index contributed by atoms with van der Waals surface area (Å²) in [4.78, 5) is 4.29. The Morgan fingerprint density at radius 2 is 2.16 bits per heavy atom. The van der Waals surface area contributed by atoms with Gasteiger partial charge in [-0.1, -0.05) is 18.2 Å². The molecule has 2 N–H and O–H groups in total. The molecular weight excluding hydrogens is 244 g/mol. The quantitative estimate of drug-likeness (QED) is 0.809. The molecule has 1 aromatic carbocycles. The van der Waals surface area contributed by atoms with Crippen LogP contribution in [-0.2, 0) is 13.0 Å². The number of benzene rings is 1. The van der Waals surface area contributed by atoms with Crippen LogP contribution in [0.2, 0.25) is 0 Å². The molecular formula is C14H18N2O3. The molecule has 0 amide bonds. The van der Waals surface area contributed by atoms with E-state index in [2.05, 4.69) is 4.98 Å². The fourth-order valence-electron chi connectivity index (χ4n) is 1.98. The van der Waals surface area contributed by atoms with Crippen LogP contribution in [0.5, 0.6) is 5.75 Å². The molecule has 0 fully saturated rings. The first-order valence-electron chi connectivity index (χ1n) is 6.15. The van der Waals surface area contributed by atoms with Crippen LogP contribution in [0.1, 0.15) is 11.4 Å². The van der Waals surface area contributed by atoms with Crippen LogP contribution in [0.3, 0.4) is 0 Å². The molecule has 0 aliphatic rings. The first kappa shape index (κ1) is 13.6. The van der Waals surface area contributed by atoms with Gasteiger partial charge in [0.1, 0.15) is 11.6 Å². The van der Waals surface area contributed by atoms with E-state index in [4.69, 9.17) is 9.84 Å². The van der Waals surface area contributed by atoms with Crippen molar-refractivity contribution in [1.82, 2.24) is 9.55 Å². The minimum atomic E-state index is -0.773. The zero-order valence-corrected chi connectivity index (χ0v) is 10.9. The van der Waals surface area contributed by atoms with Gasteiger partial charge >= 0.3 is 0 Å². The number of aliphatic hydroxyl groups excluding tert-OH is 2. The van der Waals surface area contributed by atoms with Crippen LogP contribution in [-0.4, -0.2) is 39.6 Å². The highest BCUT2D eigenvalue weighted by Crippen LogP contribution is 2.20. The van der Waals surface area contributed by atoms with E-state index in [1.165, 1.54) is 0 Å². The predicted molar refractivity (Wildman–Crippen MR) is 71.1 cm³/mol. The number of para-hydroxylation sites is 1. The maximum absolute atomic E-state index is 9.50. The lowest BCUT2D eigenvalue weighted by atomic mass is 10.1. The zero-order valence-electron chi connectivity index (χ0n) is 10.9. The Balaban J connectivity index is 2.17. The summed E-state index contributed by atoms with van der Waals surface area (Å²) in [6, 6.07) is 7.77. The van der Waals surface area contributed by atoms with Crippen molar-refractivity contribution in [2.45, 2.75) is 19.1 Å². The summed E-state index contributed by atoms with van der Waals surface area (Å²) < 4.78 is 7.15. The maximum atomic E-state index is 9.50. The number of nitrogens with zero attached hydrogens (tertiary/aromatic N) is 2. The summed E-state index contributed by atoms with van der Waals surface area (Å²) >= 11 is 0. The SMILES string of the molecule is COc1ccccc1Cc1nccn1CC(O)CO. The Bertz CT molecular complexity index is 525. The van der Waals surface area contributed by atoms with Crippen LogP contribution < -0.4 is 4.74 Å². The van der Waals surface area contributed by atoms with Crippen molar-refractivity contribution < 1.29 is 14.9 Å². The van der Waals surface area contributed by atoms with Gasteiger partial charge in [0.25, 0.3) is 0 Å². The van der Waals surface area contributed by atoms with E-state index in [-0.39, 0.29) is 6.61 Å². The minimum Gasteiger partial charge on any atom is -0.496 e. The van der Waals surface area contributed by atoms with Gasteiger partial charge in [0, 0.05) is 24.4 Å². The third-order valence-corrected chi connectivity index (χ3v) is 2.96. The lowest BCUT2D eigenvalue weighted by molar-refractivity contribution is 0.0806. The third kappa shape index (κ3) is 3.33. The van der Waals surface area contributed by atoms with E-state index >= 15 is 0 Å². The molecule has 1 heterocycles. The number of hydrogen-bond acceptors (Lipinski definition) is 4. The Hall–Kier alpha value is -1.85. The molecule has 19 heavy (non-hydrogen) atoms. The summed E-state index contributed by atoms with van der Waals surface area (Å²) in [6.45, 7) is 0.0766. The van der Waals surface area contributed by atoms with Gasteiger partial charge in [-0.05, 0) is 6.07 Å². The second-order valence-electron chi connectivity index (χ2n) is 4.32. The fraction of sp³-hybridized carbons (Fsp3) is 0.357. The summed E-state index contributed by atoms with van der Waals surface area (Å²) in [5.74, 6) is 1.65. The first-order valence-corrected chi connectivity index (χ1v) is 6.15. The zero-order chi connectivity index (χ0) is 13.7. The van der Waals surface area contributed by atoms with Gasteiger partial charge < -0.3 is 19.5 Å². The molecule has 0 spiro atoms. The Kier molecular flexibility index (Phi) is 4.54. The van der Waals surface area contributed by atoms with Crippen molar-refractivity contribution in [3.8, 4) is 5.75 Å². The molecule has 1 atom stereocenters. The predicted octanol–water partition coefficient (Wildman–Crippen LogP) is 0.836. The normalized spacial score (nSPS) is 12.4. The van der Waals surface area contributed by atoms with Crippen molar-refractivity contribution in [2.24, 2.45) is 0 Å². The van der Waals surface area contributed by atoms with Crippen LogP contribution in [0.15, 0.2) is 36.7 Å². The largest absolute Gasteiger partial charge is 0.496 e. The Morgan fingerprint density at radius 1 is 1.37 bits per heavy atom. The number of methoxy groups -OCH3 is 1.